The first-order valence-corrected chi connectivity index (χ1v) is 29.6. The lowest BCUT2D eigenvalue weighted by atomic mass is 10.0. The Kier molecular flexibility index (Phi) is 18.8. The largest absolute Gasteiger partial charge is 0.497 e. The number of likely N-dealkylation sites (tertiary alicyclic amines) is 1. The lowest BCUT2D eigenvalue weighted by Crippen LogP contribution is -2.52. The van der Waals surface area contributed by atoms with E-state index in [1.165, 1.54) is 48.3 Å². The van der Waals surface area contributed by atoms with Gasteiger partial charge in [0.25, 0.3) is 11.8 Å². The summed E-state index contributed by atoms with van der Waals surface area (Å²) >= 11 is 0. The van der Waals surface area contributed by atoms with E-state index in [4.69, 9.17) is 37.9 Å². The third-order valence-corrected chi connectivity index (χ3v) is 16.8. The number of anilines is 3. The molecule has 2 saturated heterocycles. The van der Waals surface area contributed by atoms with E-state index in [0.717, 1.165) is 28.9 Å². The first-order chi connectivity index (χ1) is 42.5. The normalized spacial score (nSPS) is 19.9. The Morgan fingerprint density at radius 3 is 2.05 bits per heavy atom. The van der Waals surface area contributed by atoms with Crippen LogP contribution in [-0.4, -0.2) is 160 Å². The maximum atomic E-state index is 14.5. The maximum absolute atomic E-state index is 14.5. The van der Waals surface area contributed by atoms with Crippen LogP contribution in [0.2, 0.25) is 0 Å². The van der Waals surface area contributed by atoms with Gasteiger partial charge < -0.3 is 63.4 Å². The highest BCUT2D eigenvalue weighted by Crippen LogP contribution is 2.57. The lowest BCUT2D eigenvalue weighted by Gasteiger charge is -2.31. The van der Waals surface area contributed by atoms with Crippen LogP contribution in [0.3, 0.4) is 0 Å². The van der Waals surface area contributed by atoms with Crippen molar-refractivity contribution in [1.29, 1.82) is 0 Å². The molecule has 5 atom stereocenters. The molecule has 3 fully saturated rings. The van der Waals surface area contributed by atoms with Crippen molar-refractivity contribution in [2.45, 2.75) is 102 Å². The topological polar surface area (TPSA) is 254 Å². The molecule has 3 N–H and O–H groups in total. The van der Waals surface area contributed by atoms with Crippen LogP contribution in [-0.2, 0) is 30.4 Å². The number of hydrogen-bond acceptors (Lipinski definition) is 16. The molecule has 1 saturated carbocycles. The molecule has 466 valence electrons. The van der Waals surface area contributed by atoms with Gasteiger partial charge >= 0.3 is 18.3 Å². The molecule has 0 radical (unpaired) electrons. The number of aliphatic hydroxyl groups excluding tert-OH is 1. The number of amides is 7. The zero-order valence-electron chi connectivity index (χ0n) is 50.2. The Labute approximate surface area is 510 Å². The molecule has 7 amide bonds. The number of nitrogens with zero attached hydrogens (tertiary/aromatic N) is 5. The molecule has 88 heavy (non-hydrogen) atoms. The second-order valence-electron chi connectivity index (χ2n) is 23.2. The van der Waals surface area contributed by atoms with Crippen LogP contribution in [0.4, 0.5) is 31.4 Å². The standard InChI is InChI=1S/C65H75N7O16/c1-8-24-86-62(78)68-23-10-12-49(68)58(74)67-48(28-39(3)4)57(73)66-43-17-13-40(14-18-43)37-88-64(80)72-51-33-56(54(83-7)31-47(51)60(76)71-38-65(21-22-65)34-52(71)61(72)77)85-27-11-26-84-55-32-50-46(30-53(55)82-6)59(75)69-35-42(41-15-19-45(81-5)20-16-41)29-44(69)36-70(50)63(79)87-25-9-2/h8-9,13-20,30-33,35,39,44,48-49,52,61,77H,1-2,10-12,21-29,34,36-38H2,3-7H3,(H,66,73)(H,67,74)/t44-,48?,49-,52-,61?/m0/s1. The highest BCUT2D eigenvalue weighted by atomic mass is 16.6. The summed E-state index contributed by atoms with van der Waals surface area (Å²) in [7, 11) is 4.47. The molecule has 10 rings (SSSR count). The van der Waals surface area contributed by atoms with Gasteiger partial charge in [-0.05, 0) is 109 Å². The van der Waals surface area contributed by atoms with Crippen LogP contribution >= 0.6 is 0 Å². The molecule has 5 heterocycles. The van der Waals surface area contributed by atoms with Crippen molar-refractivity contribution in [2.24, 2.45) is 11.3 Å². The molecule has 23 nitrogen and oxygen atoms in total. The van der Waals surface area contributed by atoms with Crippen molar-refractivity contribution in [2.75, 3.05) is 82.5 Å². The summed E-state index contributed by atoms with van der Waals surface area (Å²) in [5.74, 6) is -0.0292. The summed E-state index contributed by atoms with van der Waals surface area (Å²) < 4.78 is 46.1. The van der Waals surface area contributed by atoms with Crippen molar-refractivity contribution in [3.05, 3.63) is 127 Å². The van der Waals surface area contributed by atoms with Crippen LogP contribution in [0, 0.1) is 11.3 Å². The van der Waals surface area contributed by atoms with Gasteiger partial charge in [0.15, 0.2) is 29.2 Å². The molecule has 1 spiro atoms. The molecule has 4 aromatic carbocycles. The van der Waals surface area contributed by atoms with Gasteiger partial charge in [0.2, 0.25) is 11.8 Å². The Balaban J connectivity index is 0.814. The van der Waals surface area contributed by atoms with E-state index in [1.807, 2.05) is 44.3 Å². The first-order valence-electron chi connectivity index (χ1n) is 29.6. The number of benzene rings is 4. The van der Waals surface area contributed by atoms with E-state index in [2.05, 4.69) is 23.8 Å². The van der Waals surface area contributed by atoms with Gasteiger partial charge in [-0.3, -0.25) is 29.0 Å². The summed E-state index contributed by atoms with van der Waals surface area (Å²) in [6.07, 6.45) is 5.38. The zero-order chi connectivity index (χ0) is 62.4. The molecule has 1 aliphatic carbocycles. The summed E-state index contributed by atoms with van der Waals surface area (Å²) in [4.78, 5) is 104. The van der Waals surface area contributed by atoms with E-state index < -0.39 is 60.5 Å². The van der Waals surface area contributed by atoms with Gasteiger partial charge in [-0.15, -0.1) is 0 Å². The SMILES string of the molecule is C=CCOC(=O)N1C[C@@H]2CC(c3ccc(OC)cc3)=CN2C(=O)c2cc(OC)c(OCCCOc3cc4c(cc3OC)C(=O)N3CC5(CC5)C[C@H]3C(O)N4C(=O)OCc3ccc(NC(=O)C(CC(C)C)NC(=O)[C@@H]4CCCN4C(=O)OCC=C)cc3)cc21. The Hall–Kier alpha value is -9.25. The maximum Gasteiger partial charge on any atom is 0.416 e. The van der Waals surface area contributed by atoms with Crippen molar-refractivity contribution < 1.29 is 76.6 Å². The molecule has 2 unspecified atom stereocenters. The van der Waals surface area contributed by atoms with Crippen molar-refractivity contribution in [1.82, 2.24) is 20.0 Å². The Bertz CT molecular complexity index is 3370. The number of fused-ring (bicyclic) bond motifs is 4. The zero-order valence-corrected chi connectivity index (χ0v) is 50.2. The molecule has 4 aromatic rings. The van der Waals surface area contributed by atoms with Gasteiger partial charge in [0, 0.05) is 43.5 Å². The number of ether oxygens (including phenoxy) is 8. The van der Waals surface area contributed by atoms with E-state index in [1.54, 1.807) is 53.3 Å². The van der Waals surface area contributed by atoms with Gasteiger partial charge in [0.1, 0.15) is 37.7 Å². The van der Waals surface area contributed by atoms with Gasteiger partial charge in [-0.1, -0.05) is 63.4 Å². The van der Waals surface area contributed by atoms with E-state index >= 15 is 0 Å². The third-order valence-electron chi connectivity index (χ3n) is 16.8. The molecule has 6 aliphatic rings. The fraction of sp³-hybridized carbons (Fsp3) is 0.431. The van der Waals surface area contributed by atoms with Crippen LogP contribution in [0.25, 0.3) is 5.57 Å². The minimum atomic E-state index is -1.50. The number of carbonyl (C=O) groups excluding carboxylic acids is 7. The molecule has 5 aliphatic heterocycles. The van der Waals surface area contributed by atoms with Crippen LogP contribution in [0.5, 0.6) is 28.7 Å². The number of carbonyl (C=O) groups is 7. The van der Waals surface area contributed by atoms with Crippen LogP contribution in [0.15, 0.2) is 104 Å². The minimum absolute atomic E-state index is 0.00814. The molecule has 0 aromatic heterocycles. The molecule has 23 heteroatoms. The quantitative estimate of drug-likeness (QED) is 0.0378. The molecule has 0 bridgehead atoms. The Morgan fingerprint density at radius 2 is 1.42 bits per heavy atom. The fourth-order valence-corrected chi connectivity index (χ4v) is 12.1. The van der Waals surface area contributed by atoms with Crippen molar-refractivity contribution in [3.63, 3.8) is 0 Å². The predicted octanol–water partition coefficient (Wildman–Crippen LogP) is 8.68. The van der Waals surface area contributed by atoms with Gasteiger partial charge in [0.05, 0.1) is 75.7 Å². The first kappa shape index (κ1) is 61.8. The summed E-state index contributed by atoms with van der Waals surface area (Å²) in [5, 5.41) is 17.9. The number of methoxy groups -OCH3 is 3. The van der Waals surface area contributed by atoms with E-state index in [0.29, 0.717) is 62.2 Å². The minimum Gasteiger partial charge on any atom is -0.497 e. The molecular formula is C65H75N7O16. The molecular weight excluding hydrogens is 1130 g/mol. The number of hydrogen-bond donors (Lipinski definition) is 3. The summed E-state index contributed by atoms with van der Waals surface area (Å²) in [6, 6.07) is 17.4. The average molecular weight is 1210 g/mol. The third kappa shape index (κ3) is 13.2. The lowest BCUT2D eigenvalue weighted by molar-refractivity contribution is -0.129. The van der Waals surface area contributed by atoms with E-state index in [9.17, 15) is 38.7 Å². The van der Waals surface area contributed by atoms with Crippen LogP contribution in [0.1, 0.15) is 97.1 Å². The average Bonchev–Trinajstić information content (AvgIpc) is 1.61. The number of aliphatic hydroxyl groups is 1. The monoisotopic (exact) mass is 1210 g/mol. The van der Waals surface area contributed by atoms with E-state index in [-0.39, 0.29) is 115 Å². The predicted molar refractivity (Wildman–Crippen MR) is 324 cm³/mol. The number of nitrogens with one attached hydrogen (secondary N) is 2. The highest BCUT2D eigenvalue weighted by molar-refractivity contribution is 6.08. The Morgan fingerprint density at radius 1 is 0.773 bits per heavy atom. The van der Waals surface area contributed by atoms with Gasteiger partial charge in [-0.25, -0.2) is 19.3 Å². The van der Waals surface area contributed by atoms with Crippen molar-refractivity contribution in [3.8, 4) is 28.7 Å². The van der Waals surface area contributed by atoms with Crippen LogP contribution < -0.4 is 44.1 Å². The summed E-state index contributed by atoms with van der Waals surface area (Å²) in [5.41, 5.74) is 3.28. The highest BCUT2D eigenvalue weighted by Gasteiger charge is 2.58. The smallest absolute Gasteiger partial charge is 0.416 e. The van der Waals surface area contributed by atoms with Gasteiger partial charge in [-0.2, -0.15) is 0 Å². The fourth-order valence-electron chi connectivity index (χ4n) is 12.1. The summed E-state index contributed by atoms with van der Waals surface area (Å²) in [6.45, 7) is 11.8. The number of rotatable bonds is 22. The van der Waals surface area contributed by atoms with Crippen molar-refractivity contribution >= 4 is 64.5 Å². The second kappa shape index (κ2) is 26.8. The second-order valence-corrected chi connectivity index (χ2v) is 23.2.